The molecular weight excluding hydrogens is 234 g/mol. The fourth-order valence-corrected chi connectivity index (χ4v) is 1.03. The van der Waals surface area contributed by atoms with Crippen molar-refractivity contribution in [3.63, 3.8) is 0 Å². The Bertz CT molecular complexity index is 533. The summed E-state index contributed by atoms with van der Waals surface area (Å²) >= 11 is 0. The van der Waals surface area contributed by atoms with Crippen LogP contribution in [0, 0.1) is 0 Å². The molecule has 0 spiro atoms. The third-order valence-electron chi connectivity index (χ3n) is 1.97. The SMILES string of the molecule is Nc1c(N)n(O)c(=O)n(O)c1=NCC(O)CO. The molecule has 0 aliphatic rings. The molecule has 0 aliphatic carbocycles. The van der Waals surface area contributed by atoms with Gasteiger partial charge in [0, 0.05) is 0 Å². The van der Waals surface area contributed by atoms with Gasteiger partial charge in [-0.2, -0.15) is 0 Å². The van der Waals surface area contributed by atoms with Crippen molar-refractivity contribution in [2.75, 3.05) is 24.6 Å². The monoisotopic (exact) mass is 247 g/mol. The van der Waals surface area contributed by atoms with E-state index in [-0.39, 0.29) is 21.7 Å². The van der Waals surface area contributed by atoms with Crippen molar-refractivity contribution >= 4 is 11.5 Å². The molecule has 1 aromatic heterocycles. The molecule has 1 rings (SSSR count). The minimum atomic E-state index is -1.26. The minimum Gasteiger partial charge on any atom is -0.422 e. The van der Waals surface area contributed by atoms with Crippen molar-refractivity contribution in [1.82, 2.24) is 9.46 Å². The molecule has 8 N–H and O–H groups in total. The molecule has 0 saturated carbocycles. The molecule has 0 amide bonds. The summed E-state index contributed by atoms with van der Waals surface area (Å²) in [5, 5.41) is 36.0. The highest BCUT2D eigenvalue weighted by molar-refractivity contribution is 5.55. The first-order valence-corrected chi connectivity index (χ1v) is 4.51. The lowest BCUT2D eigenvalue weighted by atomic mass is 10.4. The molecule has 0 saturated heterocycles. The Morgan fingerprint density at radius 3 is 2.41 bits per heavy atom. The number of nitrogen functional groups attached to an aromatic ring is 2. The number of aliphatic hydroxyl groups is 2. The molecule has 10 heteroatoms. The first-order valence-electron chi connectivity index (χ1n) is 4.51. The van der Waals surface area contributed by atoms with E-state index < -0.39 is 29.7 Å². The van der Waals surface area contributed by atoms with Gasteiger partial charge in [-0.3, -0.25) is 4.99 Å². The number of nitrogens with two attached hydrogens (primary N) is 2. The molecule has 1 aromatic rings. The zero-order valence-electron chi connectivity index (χ0n) is 8.69. The Morgan fingerprint density at radius 2 is 1.88 bits per heavy atom. The molecule has 0 bridgehead atoms. The van der Waals surface area contributed by atoms with E-state index in [0.29, 0.717) is 0 Å². The van der Waals surface area contributed by atoms with Crippen LogP contribution in [0.5, 0.6) is 0 Å². The number of aliphatic hydroxyl groups excluding tert-OH is 2. The Labute approximate surface area is 94.2 Å². The standard InChI is InChI=1S/C7H13N5O5/c8-4-5(9)11(16)7(15)12(17)6(4)10-1-3(14)2-13/h3,13-14,16-17H,1-2,8-9H2. The predicted molar refractivity (Wildman–Crippen MR) is 55.4 cm³/mol. The maximum Gasteiger partial charge on any atom is 0.397 e. The van der Waals surface area contributed by atoms with Gasteiger partial charge in [0.05, 0.1) is 19.3 Å². The van der Waals surface area contributed by atoms with Crippen molar-refractivity contribution in [3.05, 3.63) is 16.0 Å². The lowest BCUT2D eigenvalue weighted by molar-refractivity contribution is 0.0946. The Morgan fingerprint density at radius 1 is 1.29 bits per heavy atom. The summed E-state index contributed by atoms with van der Waals surface area (Å²) in [6, 6.07) is 0. The molecule has 0 aliphatic heterocycles. The van der Waals surface area contributed by atoms with E-state index in [2.05, 4.69) is 4.99 Å². The van der Waals surface area contributed by atoms with Crippen molar-refractivity contribution in [1.29, 1.82) is 0 Å². The van der Waals surface area contributed by atoms with E-state index in [4.69, 9.17) is 26.9 Å². The number of hydrogen-bond donors (Lipinski definition) is 6. The quantitative estimate of drug-likeness (QED) is 0.301. The average molecular weight is 247 g/mol. The minimum absolute atomic E-state index is 0.0181. The molecular formula is C7H13N5O5. The number of rotatable bonds is 3. The summed E-state index contributed by atoms with van der Waals surface area (Å²) in [6.45, 7) is -0.836. The van der Waals surface area contributed by atoms with E-state index in [1.54, 1.807) is 0 Å². The van der Waals surface area contributed by atoms with Crippen LogP contribution in [0.15, 0.2) is 9.79 Å². The topological polar surface area (TPSA) is 172 Å². The molecule has 0 fully saturated rings. The maximum atomic E-state index is 11.2. The van der Waals surface area contributed by atoms with Crippen molar-refractivity contribution in [2.24, 2.45) is 4.99 Å². The summed E-state index contributed by atoms with van der Waals surface area (Å²) in [6.07, 6.45) is -1.16. The highest BCUT2D eigenvalue weighted by Gasteiger charge is 2.12. The van der Waals surface area contributed by atoms with E-state index in [0.717, 1.165) is 0 Å². The highest BCUT2D eigenvalue weighted by atomic mass is 16.5. The van der Waals surface area contributed by atoms with Gasteiger partial charge in [0.25, 0.3) is 0 Å². The first kappa shape index (κ1) is 12.9. The summed E-state index contributed by atoms with van der Waals surface area (Å²) in [5.74, 6) is -0.488. The number of anilines is 2. The van der Waals surface area contributed by atoms with Crippen molar-refractivity contribution in [2.45, 2.75) is 6.10 Å². The second-order valence-corrected chi connectivity index (χ2v) is 3.21. The van der Waals surface area contributed by atoms with Gasteiger partial charge in [-0.1, -0.05) is 0 Å². The van der Waals surface area contributed by atoms with Gasteiger partial charge in [-0.05, 0) is 0 Å². The van der Waals surface area contributed by atoms with Crippen LogP contribution in [0.4, 0.5) is 11.5 Å². The van der Waals surface area contributed by atoms with Gasteiger partial charge in [-0.25, -0.2) is 4.79 Å². The Balaban J connectivity index is 3.39. The van der Waals surface area contributed by atoms with Gasteiger partial charge in [-0.15, -0.1) is 9.46 Å². The van der Waals surface area contributed by atoms with Crippen LogP contribution in [0.25, 0.3) is 0 Å². The fourth-order valence-electron chi connectivity index (χ4n) is 1.03. The third-order valence-corrected chi connectivity index (χ3v) is 1.97. The maximum absolute atomic E-state index is 11.2. The molecule has 17 heavy (non-hydrogen) atoms. The lowest BCUT2D eigenvalue weighted by Crippen LogP contribution is -2.41. The summed E-state index contributed by atoms with van der Waals surface area (Å²) in [5.41, 5.74) is 8.70. The molecule has 1 heterocycles. The highest BCUT2D eigenvalue weighted by Crippen LogP contribution is 2.02. The molecule has 0 aromatic carbocycles. The molecule has 1 atom stereocenters. The zero-order valence-corrected chi connectivity index (χ0v) is 8.69. The number of hydrogen-bond acceptors (Lipinski definition) is 8. The van der Waals surface area contributed by atoms with E-state index >= 15 is 0 Å². The summed E-state index contributed by atoms with van der Waals surface area (Å²) < 4.78 is -0.0629. The summed E-state index contributed by atoms with van der Waals surface area (Å²) in [4.78, 5) is 14.8. The third kappa shape index (κ3) is 2.32. The van der Waals surface area contributed by atoms with Gasteiger partial charge in [0.2, 0.25) is 0 Å². The zero-order chi connectivity index (χ0) is 13.2. The molecule has 10 nitrogen and oxygen atoms in total. The normalized spacial score (nSPS) is 13.9. The van der Waals surface area contributed by atoms with Crippen LogP contribution in [0.2, 0.25) is 0 Å². The smallest absolute Gasteiger partial charge is 0.397 e. The van der Waals surface area contributed by atoms with Gasteiger partial charge in [0.1, 0.15) is 5.69 Å². The van der Waals surface area contributed by atoms with Crippen LogP contribution in [-0.4, -0.2) is 49.3 Å². The van der Waals surface area contributed by atoms with Gasteiger partial charge in [0.15, 0.2) is 11.3 Å². The molecule has 1 unspecified atom stereocenters. The first-order chi connectivity index (χ1) is 7.90. The van der Waals surface area contributed by atoms with E-state index in [1.165, 1.54) is 0 Å². The van der Waals surface area contributed by atoms with Gasteiger partial charge < -0.3 is 32.1 Å². The average Bonchev–Trinajstić information content (AvgIpc) is 2.33. The molecule has 96 valence electrons. The van der Waals surface area contributed by atoms with E-state index in [1.807, 2.05) is 0 Å². The number of nitrogens with zero attached hydrogens (tertiary/aromatic N) is 3. The second-order valence-electron chi connectivity index (χ2n) is 3.21. The second kappa shape index (κ2) is 4.76. The Kier molecular flexibility index (Phi) is 3.60. The predicted octanol–water partition coefficient (Wildman–Crippen LogP) is -3.46. The lowest BCUT2D eigenvalue weighted by Gasteiger charge is -2.08. The Hall–Kier alpha value is -2.20. The van der Waals surface area contributed by atoms with Crippen LogP contribution >= 0.6 is 0 Å². The van der Waals surface area contributed by atoms with Crippen LogP contribution in [0.1, 0.15) is 0 Å². The fraction of sp³-hybridized carbons (Fsp3) is 0.429. The van der Waals surface area contributed by atoms with Crippen LogP contribution in [-0.2, 0) is 0 Å². The van der Waals surface area contributed by atoms with Crippen molar-refractivity contribution < 1.29 is 20.6 Å². The van der Waals surface area contributed by atoms with Crippen LogP contribution in [0.3, 0.4) is 0 Å². The number of aromatic nitrogens is 2. The van der Waals surface area contributed by atoms with E-state index in [9.17, 15) is 10.0 Å². The van der Waals surface area contributed by atoms with Crippen LogP contribution < -0.4 is 22.6 Å². The van der Waals surface area contributed by atoms with Gasteiger partial charge >= 0.3 is 5.69 Å². The largest absolute Gasteiger partial charge is 0.422 e. The summed E-state index contributed by atoms with van der Waals surface area (Å²) in [7, 11) is 0. The molecule has 0 radical (unpaired) electrons. The van der Waals surface area contributed by atoms with Crippen molar-refractivity contribution in [3.8, 4) is 0 Å².